The standard InChI is InChI=1S/C15H25N3O2/c1-11(2)20-14-12(16)6-7-13(17-14)18-15(10-19)8-4-3-5-9-15/h6-7,11,19H,3-5,8-10,16H2,1-2H3,(H,17,18). The summed E-state index contributed by atoms with van der Waals surface area (Å²) in [6, 6.07) is 3.63. The summed E-state index contributed by atoms with van der Waals surface area (Å²) in [6.07, 6.45) is 5.48. The van der Waals surface area contributed by atoms with Crippen molar-refractivity contribution in [3.63, 3.8) is 0 Å². The van der Waals surface area contributed by atoms with Crippen LogP contribution in [0.3, 0.4) is 0 Å². The maximum absolute atomic E-state index is 9.73. The van der Waals surface area contributed by atoms with E-state index in [1.165, 1.54) is 6.42 Å². The van der Waals surface area contributed by atoms with Crippen molar-refractivity contribution in [1.82, 2.24) is 4.98 Å². The van der Waals surface area contributed by atoms with Crippen LogP contribution >= 0.6 is 0 Å². The fourth-order valence-corrected chi connectivity index (χ4v) is 2.66. The molecule has 0 bridgehead atoms. The van der Waals surface area contributed by atoms with E-state index in [1.54, 1.807) is 6.07 Å². The summed E-state index contributed by atoms with van der Waals surface area (Å²) in [5, 5.41) is 13.1. The number of aromatic nitrogens is 1. The number of hydrogen-bond donors (Lipinski definition) is 3. The van der Waals surface area contributed by atoms with Crippen molar-refractivity contribution in [3.8, 4) is 5.88 Å². The van der Waals surface area contributed by atoms with E-state index in [0.29, 0.717) is 17.4 Å². The Bertz CT molecular complexity index is 443. The maximum atomic E-state index is 9.73. The predicted octanol–water partition coefficient (Wildman–Crippen LogP) is 2.56. The van der Waals surface area contributed by atoms with Gasteiger partial charge in [0.05, 0.1) is 23.9 Å². The Balaban J connectivity index is 2.15. The highest BCUT2D eigenvalue weighted by molar-refractivity contribution is 5.54. The zero-order chi connectivity index (χ0) is 14.6. The fraction of sp³-hybridized carbons (Fsp3) is 0.667. The van der Waals surface area contributed by atoms with Crippen LogP contribution < -0.4 is 15.8 Å². The van der Waals surface area contributed by atoms with Gasteiger partial charge in [0.1, 0.15) is 5.82 Å². The van der Waals surface area contributed by atoms with Crippen molar-refractivity contribution < 1.29 is 9.84 Å². The van der Waals surface area contributed by atoms with E-state index in [9.17, 15) is 5.11 Å². The molecule has 1 aliphatic rings. The third kappa shape index (κ3) is 3.54. The number of rotatable bonds is 5. The lowest BCUT2D eigenvalue weighted by Crippen LogP contribution is -2.44. The van der Waals surface area contributed by atoms with Crippen LogP contribution in [0.2, 0.25) is 0 Å². The van der Waals surface area contributed by atoms with Gasteiger partial charge in [0.2, 0.25) is 5.88 Å². The lowest BCUT2D eigenvalue weighted by atomic mass is 9.82. The van der Waals surface area contributed by atoms with Gasteiger partial charge in [-0.3, -0.25) is 0 Å². The van der Waals surface area contributed by atoms with Crippen LogP contribution in [0.15, 0.2) is 12.1 Å². The van der Waals surface area contributed by atoms with Gasteiger partial charge in [0.15, 0.2) is 0 Å². The molecule has 1 aromatic heterocycles. The Hall–Kier alpha value is -1.49. The number of pyridine rings is 1. The molecule has 2 rings (SSSR count). The minimum atomic E-state index is -0.254. The molecule has 0 aromatic carbocycles. The quantitative estimate of drug-likeness (QED) is 0.772. The van der Waals surface area contributed by atoms with Gasteiger partial charge < -0.3 is 20.9 Å². The minimum absolute atomic E-state index is 0.0292. The summed E-state index contributed by atoms with van der Waals surface area (Å²) < 4.78 is 5.60. The summed E-state index contributed by atoms with van der Waals surface area (Å²) in [5.74, 6) is 1.17. The Morgan fingerprint density at radius 2 is 2.05 bits per heavy atom. The number of nitrogens with two attached hydrogens (primary N) is 1. The second-order valence-corrected chi connectivity index (χ2v) is 5.88. The van der Waals surface area contributed by atoms with Gasteiger partial charge >= 0.3 is 0 Å². The van der Waals surface area contributed by atoms with E-state index in [2.05, 4.69) is 10.3 Å². The van der Waals surface area contributed by atoms with E-state index >= 15 is 0 Å². The first-order valence-electron chi connectivity index (χ1n) is 7.37. The molecule has 5 heteroatoms. The Kier molecular flexibility index (Phi) is 4.70. The van der Waals surface area contributed by atoms with Crippen molar-refractivity contribution in [1.29, 1.82) is 0 Å². The summed E-state index contributed by atoms with van der Waals surface area (Å²) in [4.78, 5) is 4.43. The normalized spacial score (nSPS) is 18.0. The number of aliphatic hydroxyl groups is 1. The molecule has 1 saturated carbocycles. The molecule has 1 heterocycles. The van der Waals surface area contributed by atoms with Crippen LogP contribution in [-0.2, 0) is 0 Å². The van der Waals surface area contributed by atoms with E-state index < -0.39 is 0 Å². The number of nitrogen functional groups attached to an aromatic ring is 1. The number of nitrogens with zero attached hydrogens (tertiary/aromatic N) is 1. The number of nitrogens with one attached hydrogen (secondary N) is 1. The molecule has 0 unspecified atom stereocenters. The second-order valence-electron chi connectivity index (χ2n) is 5.88. The van der Waals surface area contributed by atoms with Crippen molar-refractivity contribution in [2.24, 2.45) is 0 Å². The molecule has 1 fully saturated rings. The number of anilines is 2. The summed E-state index contributed by atoms with van der Waals surface area (Å²) >= 11 is 0. The molecule has 0 radical (unpaired) electrons. The fourth-order valence-electron chi connectivity index (χ4n) is 2.66. The van der Waals surface area contributed by atoms with Crippen molar-refractivity contribution in [2.45, 2.75) is 57.6 Å². The first-order valence-corrected chi connectivity index (χ1v) is 7.37. The highest BCUT2D eigenvalue weighted by Gasteiger charge is 2.31. The second kappa shape index (κ2) is 6.31. The first kappa shape index (κ1) is 14.9. The van der Waals surface area contributed by atoms with Gasteiger partial charge in [-0.05, 0) is 38.8 Å². The molecule has 5 nitrogen and oxygen atoms in total. The van der Waals surface area contributed by atoms with E-state index in [1.807, 2.05) is 19.9 Å². The third-order valence-corrected chi connectivity index (χ3v) is 3.74. The van der Waals surface area contributed by atoms with Crippen LogP contribution in [-0.4, -0.2) is 28.3 Å². The Morgan fingerprint density at radius 1 is 1.35 bits per heavy atom. The maximum Gasteiger partial charge on any atom is 0.239 e. The molecule has 1 aromatic rings. The molecule has 1 aliphatic carbocycles. The highest BCUT2D eigenvalue weighted by Crippen LogP contribution is 2.32. The lowest BCUT2D eigenvalue weighted by Gasteiger charge is -2.37. The molecule has 20 heavy (non-hydrogen) atoms. The highest BCUT2D eigenvalue weighted by atomic mass is 16.5. The predicted molar refractivity (Wildman–Crippen MR) is 80.9 cm³/mol. The van der Waals surface area contributed by atoms with Crippen LogP contribution in [0.1, 0.15) is 46.0 Å². The molecule has 4 N–H and O–H groups in total. The lowest BCUT2D eigenvalue weighted by molar-refractivity contribution is 0.172. The molecule has 0 amide bonds. The van der Waals surface area contributed by atoms with E-state index in [4.69, 9.17) is 10.5 Å². The van der Waals surface area contributed by atoms with Crippen molar-refractivity contribution in [2.75, 3.05) is 17.7 Å². The zero-order valence-corrected chi connectivity index (χ0v) is 12.4. The van der Waals surface area contributed by atoms with Gasteiger partial charge in [-0.15, -0.1) is 0 Å². The average Bonchev–Trinajstić information content (AvgIpc) is 2.43. The SMILES string of the molecule is CC(C)Oc1nc(NC2(CO)CCCCC2)ccc1N. The number of ether oxygens (including phenoxy) is 1. The van der Waals surface area contributed by atoms with Gasteiger partial charge in [0.25, 0.3) is 0 Å². The van der Waals surface area contributed by atoms with E-state index in [0.717, 1.165) is 25.7 Å². The molecule has 0 spiro atoms. The molecule has 0 atom stereocenters. The first-order chi connectivity index (χ1) is 9.54. The van der Waals surface area contributed by atoms with Crippen LogP contribution in [0.4, 0.5) is 11.5 Å². The molecule has 0 saturated heterocycles. The van der Waals surface area contributed by atoms with Crippen LogP contribution in [0, 0.1) is 0 Å². The Labute approximate surface area is 120 Å². The Morgan fingerprint density at radius 3 is 2.65 bits per heavy atom. The smallest absolute Gasteiger partial charge is 0.239 e. The van der Waals surface area contributed by atoms with Crippen LogP contribution in [0.5, 0.6) is 5.88 Å². The van der Waals surface area contributed by atoms with Gasteiger partial charge in [-0.2, -0.15) is 4.98 Å². The average molecular weight is 279 g/mol. The third-order valence-electron chi connectivity index (χ3n) is 3.74. The van der Waals surface area contributed by atoms with Gasteiger partial charge in [-0.1, -0.05) is 19.3 Å². The largest absolute Gasteiger partial charge is 0.473 e. The topological polar surface area (TPSA) is 80.4 Å². The van der Waals surface area contributed by atoms with Crippen molar-refractivity contribution in [3.05, 3.63) is 12.1 Å². The molecular weight excluding hydrogens is 254 g/mol. The summed E-state index contributed by atoms with van der Waals surface area (Å²) in [6.45, 7) is 4.01. The minimum Gasteiger partial charge on any atom is -0.473 e. The summed E-state index contributed by atoms with van der Waals surface area (Å²) in [5.41, 5.74) is 6.15. The molecular formula is C15H25N3O2. The van der Waals surface area contributed by atoms with Gasteiger partial charge in [-0.25, -0.2) is 0 Å². The number of hydrogen-bond acceptors (Lipinski definition) is 5. The van der Waals surface area contributed by atoms with Gasteiger partial charge in [0, 0.05) is 0 Å². The molecule has 0 aliphatic heterocycles. The van der Waals surface area contributed by atoms with Crippen molar-refractivity contribution >= 4 is 11.5 Å². The zero-order valence-electron chi connectivity index (χ0n) is 12.4. The number of aliphatic hydroxyl groups excluding tert-OH is 1. The summed E-state index contributed by atoms with van der Waals surface area (Å²) in [7, 11) is 0. The van der Waals surface area contributed by atoms with E-state index in [-0.39, 0.29) is 18.2 Å². The monoisotopic (exact) mass is 279 g/mol. The molecule has 112 valence electrons. The van der Waals surface area contributed by atoms with Crippen LogP contribution in [0.25, 0.3) is 0 Å².